The Balaban J connectivity index is 1.87. The quantitative estimate of drug-likeness (QED) is 0.443. The topological polar surface area (TPSA) is 88.1 Å². The molecule has 7 heteroatoms. The number of ether oxygens (including phenoxy) is 4. The molecule has 0 amide bonds. The predicted molar refractivity (Wildman–Crippen MR) is 78.5 cm³/mol. The number of ketones is 1. The third kappa shape index (κ3) is 4.84. The van der Waals surface area contributed by atoms with Gasteiger partial charge in [-0.25, -0.2) is 9.59 Å². The molecule has 0 bridgehead atoms. The van der Waals surface area contributed by atoms with Crippen LogP contribution in [0.3, 0.4) is 0 Å². The van der Waals surface area contributed by atoms with Crippen LogP contribution in [0.4, 0.5) is 0 Å². The van der Waals surface area contributed by atoms with Gasteiger partial charge in [-0.15, -0.1) is 0 Å². The highest BCUT2D eigenvalue weighted by Crippen LogP contribution is 2.30. The average Bonchev–Trinajstić information content (AvgIpc) is 2.57. The van der Waals surface area contributed by atoms with E-state index in [1.165, 1.54) is 0 Å². The number of esters is 2. The van der Waals surface area contributed by atoms with E-state index in [0.29, 0.717) is 30.3 Å². The standard InChI is InChI=1S/C16H16O7/c1-2-20-15(18)5-6-16(19)23-10-12(17)11-3-4-13-14(9-11)22-8-7-21-13/h3-6,9H,2,7-8,10H2,1H3. The Labute approximate surface area is 132 Å². The molecular weight excluding hydrogens is 304 g/mol. The van der Waals surface area contributed by atoms with Gasteiger partial charge in [0, 0.05) is 17.7 Å². The van der Waals surface area contributed by atoms with E-state index in [1.807, 2.05) is 0 Å². The summed E-state index contributed by atoms with van der Waals surface area (Å²) in [5.74, 6) is -0.788. The normalized spacial score (nSPS) is 12.7. The first-order valence-electron chi connectivity index (χ1n) is 7.04. The molecule has 0 saturated heterocycles. The van der Waals surface area contributed by atoms with Gasteiger partial charge in [-0.3, -0.25) is 4.79 Å². The summed E-state index contributed by atoms with van der Waals surface area (Å²) in [6.45, 7) is 2.30. The third-order valence-electron chi connectivity index (χ3n) is 2.85. The van der Waals surface area contributed by atoms with Gasteiger partial charge in [-0.05, 0) is 25.1 Å². The average molecular weight is 320 g/mol. The number of carbonyl (C=O) groups is 3. The van der Waals surface area contributed by atoms with Crippen molar-refractivity contribution >= 4 is 17.7 Å². The smallest absolute Gasteiger partial charge is 0.331 e. The summed E-state index contributed by atoms with van der Waals surface area (Å²) < 4.78 is 20.1. The molecule has 1 aliphatic rings. The van der Waals surface area contributed by atoms with Gasteiger partial charge in [0.15, 0.2) is 23.9 Å². The van der Waals surface area contributed by atoms with E-state index >= 15 is 0 Å². The first kappa shape index (κ1) is 16.5. The highest BCUT2D eigenvalue weighted by atomic mass is 16.6. The minimum atomic E-state index is -0.802. The number of rotatable bonds is 6. The van der Waals surface area contributed by atoms with E-state index in [4.69, 9.17) is 14.2 Å². The van der Waals surface area contributed by atoms with Crippen molar-refractivity contribution in [3.63, 3.8) is 0 Å². The zero-order valence-electron chi connectivity index (χ0n) is 12.6. The van der Waals surface area contributed by atoms with Crippen LogP contribution in [0.25, 0.3) is 0 Å². The van der Waals surface area contributed by atoms with Crippen LogP contribution in [0, 0.1) is 0 Å². The molecule has 0 N–H and O–H groups in total. The summed E-state index contributed by atoms with van der Waals surface area (Å²) in [4.78, 5) is 34.4. The van der Waals surface area contributed by atoms with Gasteiger partial charge in [-0.2, -0.15) is 0 Å². The van der Waals surface area contributed by atoms with E-state index in [0.717, 1.165) is 12.2 Å². The second-order valence-electron chi connectivity index (χ2n) is 4.47. The molecular formula is C16H16O7. The second-order valence-corrected chi connectivity index (χ2v) is 4.47. The maximum absolute atomic E-state index is 12.0. The second kappa shape index (κ2) is 7.98. The van der Waals surface area contributed by atoms with Gasteiger partial charge in [0.1, 0.15) is 13.2 Å². The van der Waals surface area contributed by atoms with Crippen molar-refractivity contribution < 1.29 is 33.3 Å². The van der Waals surface area contributed by atoms with Crippen molar-refractivity contribution in [2.75, 3.05) is 26.4 Å². The first-order valence-corrected chi connectivity index (χ1v) is 7.04. The van der Waals surface area contributed by atoms with Crippen LogP contribution < -0.4 is 9.47 Å². The van der Waals surface area contributed by atoms with Gasteiger partial charge in [-0.1, -0.05) is 0 Å². The highest BCUT2D eigenvalue weighted by molar-refractivity contribution is 5.99. The van der Waals surface area contributed by atoms with Crippen LogP contribution in [0.1, 0.15) is 17.3 Å². The van der Waals surface area contributed by atoms with Crippen LogP contribution in [0.15, 0.2) is 30.4 Å². The predicted octanol–water partition coefficient (Wildman–Crippen LogP) is 1.30. The molecule has 2 rings (SSSR count). The monoisotopic (exact) mass is 320 g/mol. The molecule has 1 aliphatic heterocycles. The first-order chi connectivity index (χ1) is 11.1. The molecule has 0 aromatic heterocycles. The molecule has 0 saturated carbocycles. The lowest BCUT2D eigenvalue weighted by Gasteiger charge is -2.18. The summed E-state index contributed by atoms with van der Waals surface area (Å²) in [5.41, 5.74) is 0.344. The molecule has 1 aromatic rings. The largest absolute Gasteiger partial charge is 0.486 e. The van der Waals surface area contributed by atoms with E-state index < -0.39 is 18.5 Å². The lowest BCUT2D eigenvalue weighted by Crippen LogP contribution is -2.17. The minimum absolute atomic E-state index is 0.209. The zero-order valence-corrected chi connectivity index (χ0v) is 12.6. The molecule has 1 aromatic carbocycles. The Morgan fingerprint density at radius 3 is 2.39 bits per heavy atom. The number of benzene rings is 1. The number of hydrogen-bond acceptors (Lipinski definition) is 7. The summed E-state index contributed by atoms with van der Waals surface area (Å²) >= 11 is 0. The third-order valence-corrected chi connectivity index (χ3v) is 2.85. The number of fused-ring (bicyclic) bond motifs is 1. The van der Waals surface area contributed by atoms with E-state index in [-0.39, 0.29) is 12.4 Å². The van der Waals surface area contributed by atoms with E-state index in [9.17, 15) is 14.4 Å². The molecule has 23 heavy (non-hydrogen) atoms. The maximum Gasteiger partial charge on any atom is 0.331 e. The Hall–Kier alpha value is -2.83. The summed E-state index contributed by atoms with van der Waals surface area (Å²) in [7, 11) is 0. The van der Waals surface area contributed by atoms with Gasteiger partial charge >= 0.3 is 11.9 Å². The van der Waals surface area contributed by atoms with Crippen molar-refractivity contribution in [1.82, 2.24) is 0 Å². The molecule has 0 unspecified atom stereocenters. The molecule has 1 heterocycles. The molecule has 0 aliphatic carbocycles. The molecule has 0 spiro atoms. The van der Waals surface area contributed by atoms with E-state index in [2.05, 4.69) is 4.74 Å². The van der Waals surface area contributed by atoms with Gasteiger partial charge in [0.05, 0.1) is 6.61 Å². The van der Waals surface area contributed by atoms with Crippen molar-refractivity contribution in [2.45, 2.75) is 6.92 Å². The molecule has 122 valence electrons. The van der Waals surface area contributed by atoms with Crippen LogP contribution in [-0.4, -0.2) is 44.1 Å². The Kier molecular flexibility index (Phi) is 5.74. The van der Waals surface area contributed by atoms with Crippen LogP contribution >= 0.6 is 0 Å². The van der Waals surface area contributed by atoms with Crippen molar-refractivity contribution in [2.24, 2.45) is 0 Å². The fraction of sp³-hybridized carbons (Fsp3) is 0.312. The summed E-state index contributed by atoms with van der Waals surface area (Å²) in [5, 5.41) is 0. The van der Waals surface area contributed by atoms with E-state index in [1.54, 1.807) is 25.1 Å². The summed E-state index contributed by atoms with van der Waals surface area (Å²) in [6, 6.07) is 4.74. The van der Waals surface area contributed by atoms with Gasteiger partial charge < -0.3 is 18.9 Å². The molecule has 0 fully saturated rings. The lowest BCUT2D eigenvalue weighted by atomic mass is 10.1. The Morgan fingerprint density at radius 2 is 1.70 bits per heavy atom. The van der Waals surface area contributed by atoms with Gasteiger partial charge in [0.25, 0.3) is 0 Å². The van der Waals surface area contributed by atoms with Crippen LogP contribution in [-0.2, 0) is 19.1 Å². The molecule has 0 atom stereocenters. The van der Waals surface area contributed by atoms with Crippen molar-refractivity contribution in [3.8, 4) is 11.5 Å². The fourth-order valence-corrected chi connectivity index (χ4v) is 1.81. The SMILES string of the molecule is CCOC(=O)C=CC(=O)OCC(=O)c1ccc2c(c1)OCCO2. The van der Waals surface area contributed by atoms with Gasteiger partial charge in [0.2, 0.25) is 0 Å². The Bertz CT molecular complexity index is 633. The van der Waals surface area contributed by atoms with Crippen LogP contribution in [0.5, 0.6) is 11.5 Å². The fourth-order valence-electron chi connectivity index (χ4n) is 1.81. The number of hydrogen-bond donors (Lipinski definition) is 0. The Morgan fingerprint density at radius 1 is 1.04 bits per heavy atom. The van der Waals surface area contributed by atoms with Crippen molar-refractivity contribution in [3.05, 3.63) is 35.9 Å². The number of Topliss-reactive ketones (excluding diaryl/α,β-unsaturated/α-hetero) is 1. The number of carbonyl (C=O) groups excluding carboxylic acids is 3. The van der Waals surface area contributed by atoms with Crippen molar-refractivity contribution in [1.29, 1.82) is 0 Å². The zero-order chi connectivity index (χ0) is 16.7. The maximum atomic E-state index is 12.0. The summed E-state index contributed by atoms with van der Waals surface area (Å²) in [6.07, 6.45) is 1.86. The molecule has 0 radical (unpaired) electrons. The molecule has 7 nitrogen and oxygen atoms in total. The van der Waals surface area contributed by atoms with Crippen LogP contribution in [0.2, 0.25) is 0 Å². The highest BCUT2D eigenvalue weighted by Gasteiger charge is 2.15. The lowest BCUT2D eigenvalue weighted by molar-refractivity contribution is -0.139. The minimum Gasteiger partial charge on any atom is -0.486 e.